The molecule has 0 radical (unpaired) electrons. The Morgan fingerprint density at radius 1 is 1.14 bits per heavy atom. The van der Waals surface area contributed by atoms with E-state index in [9.17, 15) is 0 Å². The van der Waals surface area contributed by atoms with E-state index in [1.54, 1.807) is 0 Å². The van der Waals surface area contributed by atoms with E-state index in [0.717, 1.165) is 19.5 Å². The molecule has 1 N–H and O–H groups in total. The summed E-state index contributed by atoms with van der Waals surface area (Å²) in [6.45, 7) is 6.39. The van der Waals surface area contributed by atoms with Crippen LogP contribution in [-0.4, -0.2) is 17.2 Å². The molecule has 0 aliphatic rings. The van der Waals surface area contributed by atoms with E-state index in [2.05, 4.69) is 71.7 Å². The van der Waals surface area contributed by atoms with Crippen molar-refractivity contribution in [2.24, 2.45) is 0 Å². The van der Waals surface area contributed by atoms with Gasteiger partial charge in [0.2, 0.25) is 0 Å². The molecule has 0 bridgehead atoms. The highest BCUT2D eigenvalue weighted by Gasteiger charge is 2.08. The van der Waals surface area contributed by atoms with E-state index in [4.69, 9.17) is 0 Å². The number of fused-ring (bicyclic) bond motifs is 1. The van der Waals surface area contributed by atoms with Crippen molar-refractivity contribution in [3.63, 3.8) is 0 Å². The molecular weight excluding hydrogens is 276 g/mol. The second-order valence-electron chi connectivity index (χ2n) is 5.74. The van der Waals surface area contributed by atoms with E-state index in [1.165, 1.54) is 21.3 Å². The summed E-state index contributed by atoms with van der Waals surface area (Å²) in [6, 6.07) is 13.6. The molecule has 0 aliphatic heterocycles. The summed E-state index contributed by atoms with van der Waals surface area (Å²) < 4.78 is 2.38. The second-order valence-corrected chi connectivity index (χ2v) is 6.77. The van der Waals surface area contributed by atoms with Gasteiger partial charge in [0.1, 0.15) is 0 Å². The van der Waals surface area contributed by atoms with Crippen LogP contribution in [0.25, 0.3) is 10.9 Å². The molecule has 1 aromatic carbocycles. The van der Waals surface area contributed by atoms with Crippen LogP contribution in [0.5, 0.6) is 0 Å². The largest absolute Gasteiger partial charge is 0.342 e. The molecule has 0 fully saturated rings. The molecule has 0 aliphatic carbocycles. The van der Waals surface area contributed by atoms with Gasteiger partial charge in [-0.1, -0.05) is 38.1 Å². The third-order valence-corrected chi connectivity index (χ3v) is 4.59. The lowest BCUT2D eigenvalue weighted by molar-refractivity contribution is 0.590. The fraction of sp³-hybridized carbons (Fsp3) is 0.333. The topological polar surface area (TPSA) is 17.0 Å². The van der Waals surface area contributed by atoms with Crippen LogP contribution in [0.4, 0.5) is 0 Å². The lowest BCUT2D eigenvalue weighted by atomic mass is 10.1. The lowest BCUT2D eigenvalue weighted by Gasteiger charge is -2.06. The lowest BCUT2D eigenvalue weighted by Crippen LogP contribution is -2.24. The summed E-state index contributed by atoms with van der Waals surface area (Å²) in [7, 11) is 0. The van der Waals surface area contributed by atoms with E-state index in [-0.39, 0.29) is 0 Å². The minimum Gasteiger partial charge on any atom is -0.342 e. The average molecular weight is 298 g/mol. The van der Waals surface area contributed by atoms with E-state index < -0.39 is 0 Å². The minimum atomic E-state index is 0.546. The molecule has 21 heavy (non-hydrogen) atoms. The third kappa shape index (κ3) is 3.36. The molecule has 0 unspecified atom stereocenters. The van der Waals surface area contributed by atoms with Crippen molar-refractivity contribution < 1.29 is 0 Å². The maximum absolute atomic E-state index is 3.51. The zero-order chi connectivity index (χ0) is 14.7. The predicted molar refractivity (Wildman–Crippen MR) is 92.2 cm³/mol. The van der Waals surface area contributed by atoms with Gasteiger partial charge in [-0.05, 0) is 36.0 Å². The van der Waals surface area contributed by atoms with Gasteiger partial charge in [0.05, 0.1) is 6.54 Å². The van der Waals surface area contributed by atoms with Gasteiger partial charge >= 0.3 is 0 Å². The highest BCUT2D eigenvalue weighted by molar-refractivity contribution is 7.09. The SMILES string of the molecule is CC(C)NCCc1cn(Cc2cccs2)c2ccccc12. The molecule has 0 saturated carbocycles. The normalized spacial score (nSPS) is 11.6. The summed E-state index contributed by atoms with van der Waals surface area (Å²) in [5.41, 5.74) is 2.78. The van der Waals surface area contributed by atoms with Crippen molar-refractivity contribution in [3.05, 3.63) is 58.4 Å². The zero-order valence-electron chi connectivity index (χ0n) is 12.7. The van der Waals surface area contributed by atoms with Crippen molar-refractivity contribution in [2.75, 3.05) is 6.54 Å². The van der Waals surface area contributed by atoms with Crippen LogP contribution >= 0.6 is 11.3 Å². The molecular formula is C18H22N2S. The molecule has 3 heteroatoms. The summed E-state index contributed by atoms with van der Waals surface area (Å²) in [5, 5.41) is 7.04. The van der Waals surface area contributed by atoms with Crippen molar-refractivity contribution >= 4 is 22.2 Å². The van der Waals surface area contributed by atoms with Crippen LogP contribution < -0.4 is 5.32 Å². The predicted octanol–water partition coefficient (Wildman–Crippen LogP) is 4.29. The molecule has 110 valence electrons. The van der Waals surface area contributed by atoms with Crippen LogP contribution in [0.1, 0.15) is 24.3 Å². The smallest absolute Gasteiger partial charge is 0.0569 e. The van der Waals surface area contributed by atoms with Gasteiger partial charge in [-0.3, -0.25) is 0 Å². The average Bonchev–Trinajstić information content (AvgIpc) is 3.09. The van der Waals surface area contributed by atoms with E-state index in [1.807, 2.05) is 11.3 Å². The van der Waals surface area contributed by atoms with Gasteiger partial charge in [-0.25, -0.2) is 0 Å². The second kappa shape index (κ2) is 6.46. The first-order valence-electron chi connectivity index (χ1n) is 7.56. The number of benzene rings is 1. The number of nitrogens with one attached hydrogen (secondary N) is 1. The van der Waals surface area contributed by atoms with Crippen molar-refractivity contribution in [3.8, 4) is 0 Å². The van der Waals surface area contributed by atoms with E-state index >= 15 is 0 Å². The molecule has 2 nitrogen and oxygen atoms in total. The van der Waals surface area contributed by atoms with Gasteiger partial charge in [0.15, 0.2) is 0 Å². The fourth-order valence-electron chi connectivity index (χ4n) is 2.72. The monoisotopic (exact) mass is 298 g/mol. The molecule has 3 rings (SSSR count). The molecule has 0 amide bonds. The Bertz CT molecular complexity index is 695. The summed E-state index contributed by atoms with van der Waals surface area (Å²) in [6.07, 6.45) is 3.41. The number of hydrogen-bond donors (Lipinski definition) is 1. The minimum absolute atomic E-state index is 0.546. The summed E-state index contributed by atoms with van der Waals surface area (Å²) in [4.78, 5) is 1.41. The standard InChI is InChI=1S/C18H22N2S/c1-14(2)19-10-9-15-12-20(13-16-6-5-11-21-16)18-8-4-3-7-17(15)18/h3-8,11-12,14,19H,9-10,13H2,1-2H3. The Morgan fingerprint density at radius 3 is 2.76 bits per heavy atom. The van der Waals surface area contributed by atoms with Crippen molar-refractivity contribution in [2.45, 2.75) is 32.9 Å². The number of rotatable bonds is 6. The molecule has 2 aromatic heterocycles. The first kappa shape index (κ1) is 14.4. The highest BCUT2D eigenvalue weighted by atomic mass is 32.1. The maximum Gasteiger partial charge on any atom is 0.0569 e. The van der Waals surface area contributed by atoms with Crippen LogP contribution in [0, 0.1) is 0 Å². The number of aromatic nitrogens is 1. The molecule has 0 atom stereocenters. The van der Waals surface area contributed by atoms with Crippen molar-refractivity contribution in [1.29, 1.82) is 0 Å². The van der Waals surface area contributed by atoms with Crippen LogP contribution in [0.3, 0.4) is 0 Å². The number of para-hydroxylation sites is 1. The molecule has 0 saturated heterocycles. The van der Waals surface area contributed by atoms with Gasteiger partial charge in [0.25, 0.3) is 0 Å². The summed E-state index contributed by atoms with van der Waals surface area (Å²) in [5.74, 6) is 0. The first-order valence-corrected chi connectivity index (χ1v) is 8.44. The van der Waals surface area contributed by atoms with Crippen LogP contribution in [-0.2, 0) is 13.0 Å². The third-order valence-electron chi connectivity index (χ3n) is 3.72. The Kier molecular flexibility index (Phi) is 4.42. The Hall–Kier alpha value is -1.58. The molecule has 3 aromatic rings. The highest BCUT2D eigenvalue weighted by Crippen LogP contribution is 2.23. The quantitative estimate of drug-likeness (QED) is 0.718. The van der Waals surface area contributed by atoms with E-state index in [0.29, 0.717) is 6.04 Å². The van der Waals surface area contributed by atoms with Crippen molar-refractivity contribution in [1.82, 2.24) is 9.88 Å². The zero-order valence-corrected chi connectivity index (χ0v) is 13.5. The number of thiophene rings is 1. The number of nitrogens with zero attached hydrogens (tertiary/aromatic N) is 1. The van der Waals surface area contributed by atoms with Gasteiger partial charge in [-0.2, -0.15) is 0 Å². The van der Waals surface area contributed by atoms with Crippen LogP contribution in [0.15, 0.2) is 48.0 Å². The Labute approximate surface area is 130 Å². The van der Waals surface area contributed by atoms with Crippen LogP contribution in [0.2, 0.25) is 0 Å². The number of hydrogen-bond acceptors (Lipinski definition) is 2. The van der Waals surface area contributed by atoms with Gasteiger partial charge in [0, 0.05) is 28.0 Å². The molecule has 2 heterocycles. The Morgan fingerprint density at radius 2 is 2.00 bits per heavy atom. The van der Waals surface area contributed by atoms with Gasteiger partial charge in [-0.15, -0.1) is 11.3 Å². The first-order chi connectivity index (χ1) is 10.2. The maximum atomic E-state index is 3.51. The summed E-state index contributed by atoms with van der Waals surface area (Å²) >= 11 is 1.82. The fourth-order valence-corrected chi connectivity index (χ4v) is 3.42. The molecule has 0 spiro atoms. The van der Waals surface area contributed by atoms with Gasteiger partial charge < -0.3 is 9.88 Å². The Balaban J connectivity index is 1.86.